The van der Waals surface area contributed by atoms with Gasteiger partial charge in [0.15, 0.2) is 0 Å². The molecule has 3 rings (SSSR count). The van der Waals surface area contributed by atoms with Crippen molar-refractivity contribution in [2.75, 3.05) is 20.2 Å². The first kappa shape index (κ1) is 18.9. The average molecular weight is 367 g/mol. The zero-order chi connectivity index (χ0) is 19.2. The number of nitrogens with one attached hydrogen (secondary N) is 1. The third-order valence-electron chi connectivity index (χ3n) is 5.00. The van der Waals surface area contributed by atoms with E-state index in [9.17, 15) is 9.59 Å². The van der Waals surface area contributed by atoms with E-state index in [1.807, 2.05) is 49.4 Å². The van der Waals surface area contributed by atoms with Gasteiger partial charge < -0.3 is 15.0 Å². The van der Waals surface area contributed by atoms with Gasteiger partial charge in [-0.1, -0.05) is 25.1 Å². The molecular weight excluding hydrogens is 342 g/mol. The summed E-state index contributed by atoms with van der Waals surface area (Å²) in [6.45, 7) is 3.20. The molecule has 0 aliphatic carbocycles. The summed E-state index contributed by atoms with van der Waals surface area (Å²) in [5.74, 6) is 0.416. The highest BCUT2D eigenvalue weighted by molar-refractivity contribution is 5.83. The van der Waals surface area contributed by atoms with Gasteiger partial charge in [0.25, 0.3) is 0 Å². The largest absolute Gasteiger partial charge is 0.497 e. The molecule has 0 saturated carbocycles. The molecule has 2 heterocycles. The third-order valence-corrected chi connectivity index (χ3v) is 5.00. The summed E-state index contributed by atoms with van der Waals surface area (Å²) < 4.78 is 5.32. The predicted molar refractivity (Wildman–Crippen MR) is 102 cm³/mol. The van der Waals surface area contributed by atoms with E-state index in [-0.39, 0.29) is 23.7 Å². The number of pyridine rings is 1. The Labute approximate surface area is 159 Å². The first-order valence-corrected chi connectivity index (χ1v) is 9.21. The molecule has 2 aromatic rings. The standard InChI is InChI=1S/C21H25N3O3/c1-3-20(25)24-13-18(15-7-6-9-17(11-15)27-2)19(14-24)21(26)23-12-16-8-4-5-10-22-16/h4-11,18-19H,3,12-14H2,1-2H3,(H,23,26)/t18-,19+/m1/s1. The number of likely N-dealkylation sites (tertiary alicyclic amines) is 1. The Kier molecular flexibility index (Phi) is 6.06. The van der Waals surface area contributed by atoms with Crippen LogP contribution >= 0.6 is 0 Å². The molecule has 0 bridgehead atoms. The van der Waals surface area contributed by atoms with Gasteiger partial charge in [-0.2, -0.15) is 0 Å². The number of hydrogen-bond donors (Lipinski definition) is 1. The van der Waals surface area contributed by atoms with Crippen molar-refractivity contribution in [2.24, 2.45) is 5.92 Å². The molecule has 0 radical (unpaired) electrons. The van der Waals surface area contributed by atoms with Crippen LogP contribution in [0.4, 0.5) is 0 Å². The van der Waals surface area contributed by atoms with Crippen molar-refractivity contribution in [3.63, 3.8) is 0 Å². The molecule has 0 unspecified atom stereocenters. The molecule has 1 aromatic carbocycles. The summed E-state index contributed by atoms with van der Waals surface area (Å²) in [5.41, 5.74) is 1.82. The Balaban J connectivity index is 1.78. The van der Waals surface area contributed by atoms with E-state index in [4.69, 9.17) is 4.74 Å². The van der Waals surface area contributed by atoms with E-state index in [0.29, 0.717) is 26.1 Å². The minimum Gasteiger partial charge on any atom is -0.497 e. The molecule has 2 amide bonds. The molecule has 6 nitrogen and oxygen atoms in total. The first-order chi connectivity index (χ1) is 13.1. The van der Waals surface area contributed by atoms with Crippen LogP contribution in [0.1, 0.15) is 30.5 Å². The highest BCUT2D eigenvalue weighted by Crippen LogP contribution is 2.34. The number of rotatable bonds is 6. The molecule has 0 spiro atoms. The zero-order valence-corrected chi connectivity index (χ0v) is 15.7. The minimum atomic E-state index is -0.295. The molecule has 1 aliphatic rings. The van der Waals surface area contributed by atoms with E-state index in [0.717, 1.165) is 17.0 Å². The SMILES string of the molecule is CCC(=O)N1C[C@H](C(=O)NCc2ccccn2)[C@@H](c2cccc(OC)c2)C1. The van der Waals surface area contributed by atoms with Crippen LogP contribution in [0.5, 0.6) is 5.75 Å². The van der Waals surface area contributed by atoms with Crippen molar-refractivity contribution in [1.82, 2.24) is 15.2 Å². The van der Waals surface area contributed by atoms with E-state index >= 15 is 0 Å². The second kappa shape index (κ2) is 8.66. The molecule has 142 valence electrons. The minimum absolute atomic E-state index is 0.0557. The maximum absolute atomic E-state index is 12.9. The van der Waals surface area contributed by atoms with Crippen molar-refractivity contribution >= 4 is 11.8 Å². The first-order valence-electron chi connectivity index (χ1n) is 9.21. The molecule has 6 heteroatoms. The highest BCUT2D eigenvalue weighted by atomic mass is 16.5. The second-order valence-corrected chi connectivity index (χ2v) is 6.68. The number of carbonyl (C=O) groups is 2. The number of hydrogen-bond acceptors (Lipinski definition) is 4. The Morgan fingerprint density at radius 2 is 2.07 bits per heavy atom. The van der Waals surface area contributed by atoms with E-state index in [1.165, 1.54) is 0 Å². The van der Waals surface area contributed by atoms with Crippen LogP contribution in [0.25, 0.3) is 0 Å². The number of benzene rings is 1. The molecule has 2 atom stereocenters. The number of nitrogens with zero attached hydrogens (tertiary/aromatic N) is 2. The fourth-order valence-corrected chi connectivity index (χ4v) is 3.52. The van der Waals surface area contributed by atoms with Gasteiger partial charge >= 0.3 is 0 Å². The summed E-state index contributed by atoms with van der Waals surface area (Å²) in [6.07, 6.45) is 2.14. The zero-order valence-electron chi connectivity index (χ0n) is 15.7. The summed E-state index contributed by atoms with van der Waals surface area (Å²) in [4.78, 5) is 31.2. The van der Waals surface area contributed by atoms with Gasteiger partial charge in [-0.25, -0.2) is 0 Å². The summed E-state index contributed by atoms with van der Waals surface area (Å²) in [5, 5.41) is 2.98. The summed E-state index contributed by atoms with van der Waals surface area (Å²) >= 11 is 0. The summed E-state index contributed by atoms with van der Waals surface area (Å²) in [7, 11) is 1.62. The lowest BCUT2D eigenvalue weighted by molar-refractivity contribution is -0.130. The second-order valence-electron chi connectivity index (χ2n) is 6.68. The third kappa shape index (κ3) is 4.45. The van der Waals surface area contributed by atoms with Crippen molar-refractivity contribution in [3.8, 4) is 5.75 Å². The number of methoxy groups -OCH3 is 1. The highest BCUT2D eigenvalue weighted by Gasteiger charge is 2.40. The van der Waals surface area contributed by atoms with Crippen LogP contribution < -0.4 is 10.1 Å². The normalized spacial score (nSPS) is 19.0. The molecular formula is C21H25N3O3. The fourth-order valence-electron chi connectivity index (χ4n) is 3.52. The van der Waals surface area contributed by atoms with Crippen molar-refractivity contribution in [3.05, 3.63) is 59.9 Å². The van der Waals surface area contributed by atoms with Crippen LogP contribution in [0.2, 0.25) is 0 Å². The van der Waals surface area contributed by atoms with E-state index < -0.39 is 0 Å². The van der Waals surface area contributed by atoms with Gasteiger partial charge in [0.1, 0.15) is 5.75 Å². The van der Waals surface area contributed by atoms with Crippen LogP contribution in [0.15, 0.2) is 48.7 Å². The Morgan fingerprint density at radius 1 is 1.22 bits per heavy atom. The van der Waals surface area contributed by atoms with Gasteiger partial charge in [-0.05, 0) is 29.8 Å². The lowest BCUT2D eigenvalue weighted by atomic mass is 9.88. The molecule has 1 aromatic heterocycles. The average Bonchev–Trinajstić information content (AvgIpc) is 3.18. The van der Waals surface area contributed by atoms with E-state index in [2.05, 4.69) is 10.3 Å². The monoisotopic (exact) mass is 367 g/mol. The van der Waals surface area contributed by atoms with Crippen LogP contribution in [-0.4, -0.2) is 41.9 Å². The summed E-state index contributed by atoms with van der Waals surface area (Å²) in [6, 6.07) is 13.3. The maximum atomic E-state index is 12.9. The van der Waals surface area contributed by atoms with Crippen molar-refractivity contribution in [1.29, 1.82) is 0 Å². The molecule has 1 aliphatic heterocycles. The maximum Gasteiger partial charge on any atom is 0.225 e. The van der Waals surface area contributed by atoms with Crippen LogP contribution in [0.3, 0.4) is 0 Å². The molecule has 1 fully saturated rings. The number of ether oxygens (including phenoxy) is 1. The lowest BCUT2D eigenvalue weighted by Gasteiger charge is -2.18. The number of aromatic nitrogens is 1. The van der Waals surface area contributed by atoms with Crippen LogP contribution in [0, 0.1) is 5.92 Å². The predicted octanol–water partition coefficient (Wildman–Crippen LogP) is 2.36. The van der Waals surface area contributed by atoms with Gasteiger partial charge in [-0.3, -0.25) is 14.6 Å². The Bertz CT molecular complexity index is 794. The lowest BCUT2D eigenvalue weighted by Crippen LogP contribution is -2.35. The topological polar surface area (TPSA) is 71.5 Å². The number of carbonyl (C=O) groups excluding carboxylic acids is 2. The van der Waals surface area contributed by atoms with Crippen LogP contribution in [-0.2, 0) is 16.1 Å². The van der Waals surface area contributed by atoms with Gasteiger partial charge in [-0.15, -0.1) is 0 Å². The van der Waals surface area contributed by atoms with Crippen molar-refractivity contribution < 1.29 is 14.3 Å². The van der Waals surface area contributed by atoms with Gasteiger partial charge in [0.2, 0.25) is 11.8 Å². The Morgan fingerprint density at radius 3 is 2.78 bits per heavy atom. The smallest absolute Gasteiger partial charge is 0.225 e. The molecule has 27 heavy (non-hydrogen) atoms. The number of amides is 2. The Hall–Kier alpha value is -2.89. The fraction of sp³-hybridized carbons (Fsp3) is 0.381. The molecule has 1 N–H and O–H groups in total. The quantitative estimate of drug-likeness (QED) is 0.851. The van der Waals surface area contributed by atoms with Crippen molar-refractivity contribution in [2.45, 2.75) is 25.8 Å². The van der Waals surface area contributed by atoms with Gasteiger partial charge in [0.05, 0.1) is 25.3 Å². The van der Waals surface area contributed by atoms with E-state index in [1.54, 1.807) is 18.2 Å². The van der Waals surface area contributed by atoms with Gasteiger partial charge in [0, 0.05) is 31.6 Å². The molecule has 1 saturated heterocycles.